The smallest absolute Gasteiger partial charge is 0.162 e. The van der Waals surface area contributed by atoms with Crippen LogP contribution in [-0.4, -0.2) is 15.8 Å². The lowest BCUT2D eigenvalue weighted by molar-refractivity contribution is 0.101. The molecule has 0 aliphatic rings. The topological polar surface area (TPSA) is 45.8 Å². The van der Waals surface area contributed by atoms with E-state index in [2.05, 4.69) is 25.9 Å². The molecule has 66 valence electrons. The van der Waals surface area contributed by atoms with Crippen LogP contribution in [0.5, 0.6) is 0 Å². The molecule has 0 radical (unpaired) electrons. The fraction of sp³-hybridized carbons (Fsp3) is 0.111. The van der Waals surface area contributed by atoms with E-state index in [9.17, 15) is 4.79 Å². The molecule has 4 heteroatoms. The lowest BCUT2D eigenvalue weighted by Crippen LogP contribution is -1.89. The summed E-state index contributed by atoms with van der Waals surface area (Å²) in [4.78, 5) is 18.3. The molecule has 0 amide bonds. The summed E-state index contributed by atoms with van der Waals surface area (Å²) in [6.07, 6.45) is 3.37. The summed E-state index contributed by atoms with van der Waals surface area (Å²) in [6.45, 7) is 1.54. The number of aromatic amines is 1. The number of hydrogen-bond donors (Lipinski definition) is 1. The molecule has 2 aromatic heterocycles. The van der Waals surface area contributed by atoms with Gasteiger partial charge in [-0.05, 0) is 28.9 Å². The normalized spacial score (nSPS) is 10.6. The molecule has 1 N–H and O–H groups in total. The number of halogens is 1. The van der Waals surface area contributed by atoms with Crippen LogP contribution < -0.4 is 0 Å². The van der Waals surface area contributed by atoms with Crippen molar-refractivity contribution in [2.75, 3.05) is 0 Å². The van der Waals surface area contributed by atoms with Crippen molar-refractivity contribution in [3.63, 3.8) is 0 Å². The van der Waals surface area contributed by atoms with Crippen LogP contribution in [0.25, 0.3) is 11.0 Å². The van der Waals surface area contributed by atoms with Crippen molar-refractivity contribution in [3.8, 4) is 0 Å². The third kappa shape index (κ3) is 1.27. The van der Waals surface area contributed by atoms with Gasteiger partial charge in [-0.3, -0.25) is 4.79 Å². The number of nitrogens with zero attached hydrogens (tertiary/aromatic N) is 1. The maximum atomic E-state index is 11.2. The highest BCUT2D eigenvalue weighted by Crippen LogP contribution is 2.25. The third-order valence-corrected chi connectivity index (χ3v) is 2.56. The third-order valence-electron chi connectivity index (χ3n) is 1.90. The van der Waals surface area contributed by atoms with Gasteiger partial charge < -0.3 is 4.98 Å². The van der Waals surface area contributed by atoms with Crippen molar-refractivity contribution in [2.24, 2.45) is 0 Å². The number of H-pyrrole nitrogens is 1. The first-order valence-corrected chi connectivity index (χ1v) is 4.62. The number of rotatable bonds is 1. The Morgan fingerprint density at radius 2 is 2.38 bits per heavy atom. The molecule has 3 nitrogen and oxygen atoms in total. The van der Waals surface area contributed by atoms with Crippen LogP contribution in [0.2, 0.25) is 0 Å². The average Bonchev–Trinajstić information content (AvgIpc) is 2.49. The van der Waals surface area contributed by atoms with Gasteiger partial charge in [-0.1, -0.05) is 0 Å². The van der Waals surface area contributed by atoms with Crippen LogP contribution in [0.3, 0.4) is 0 Å². The van der Waals surface area contributed by atoms with Gasteiger partial charge in [0.2, 0.25) is 0 Å². The predicted molar refractivity (Wildman–Crippen MR) is 53.8 cm³/mol. The molecule has 0 saturated carbocycles. The number of aromatic nitrogens is 2. The van der Waals surface area contributed by atoms with Crippen molar-refractivity contribution in [1.29, 1.82) is 0 Å². The van der Waals surface area contributed by atoms with E-state index >= 15 is 0 Å². The van der Waals surface area contributed by atoms with Gasteiger partial charge in [-0.2, -0.15) is 0 Å². The SMILES string of the molecule is CC(=O)c1c[nH]c2nccc(Br)c12. The Kier molecular flexibility index (Phi) is 1.92. The number of carbonyl (C=O) groups is 1. The highest BCUT2D eigenvalue weighted by molar-refractivity contribution is 9.10. The molecule has 2 rings (SSSR count). The molecule has 0 fully saturated rings. The molecule has 0 saturated heterocycles. The number of Topliss-reactive ketones (excluding diaryl/α,β-unsaturated/α-hetero) is 1. The van der Waals surface area contributed by atoms with E-state index in [1.54, 1.807) is 19.3 Å². The highest BCUT2D eigenvalue weighted by atomic mass is 79.9. The van der Waals surface area contributed by atoms with Crippen LogP contribution in [0.1, 0.15) is 17.3 Å². The molecule has 0 spiro atoms. The summed E-state index contributed by atoms with van der Waals surface area (Å²) in [5, 5.41) is 0.856. The quantitative estimate of drug-likeness (QED) is 0.777. The van der Waals surface area contributed by atoms with E-state index in [1.165, 1.54) is 0 Å². The van der Waals surface area contributed by atoms with Gasteiger partial charge in [-0.25, -0.2) is 4.98 Å². The Hall–Kier alpha value is -1.16. The standard InChI is InChI=1S/C9H7BrN2O/c1-5(13)6-4-12-9-8(6)7(10)2-3-11-9/h2-4H,1H3,(H,11,12). The molecule has 0 unspecified atom stereocenters. The van der Waals surface area contributed by atoms with E-state index in [-0.39, 0.29) is 5.78 Å². The second-order valence-electron chi connectivity index (χ2n) is 2.77. The zero-order valence-corrected chi connectivity index (χ0v) is 8.55. The summed E-state index contributed by atoms with van der Waals surface area (Å²) < 4.78 is 0.893. The summed E-state index contributed by atoms with van der Waals surface area (Å²) in [5.74, 6) is 0.0416. The summed E-state index contributed by atoms with van der Waals surface area (Å²) in [6, 6.07) is 1.82. The molecule has 0 aliphatic heterocycles. The van der Waals surface area contributed by atoms with E-state index in [0.717, 1.165) is 15.5 Å². The fourth-order valence-electron chi connectivity index (χ4n) is 1.29. The lowest BCUT2D eigenvalue weighted by Gasteiger charge is -1.94. The first kappa shape index (κ1) is 8.44. The van der Waals surface area contributed by atoms with Gasteiger partial charge in [0.15, 0.2) is 5.78 Å². The van der Waals surface area contributed by atoms with E-state index in [4.69, 9.17) is 0 Å². The summed E-state index contributed by atoms with van der Waals surface area (Å²) in [5.41, 5.74) is 1.41. The van der Waals surface area contributed by atoms with Gasteiger partial charge in [-0.15, -0.1) is 0 Å². The molecule has 0 bridgehead atoms. The Morgan fingerprint density at radius 3 is 3.08 bits per heavy atom. The van der Waals surface area contributed by atoms with Crippen molar-refractivity contribution in [2.45, 2.75) is 6.92 Å². The Bertz CT molecular complexity index is 475. The number of pyridine rings is 1. The highest BCUT2D eigenvalue weighted by Gasteiger charge is 2.10. The molecule has 0 aliphatic carbocycles. The summed E-state index contributed by atoms with van der Waals surface area (Å²) >= 11 is 3.38. The van der Waals surface area contributed by atoms with Gasteiger partial charge in [0.05, 0.1) is 0 Å². The van der Waals surface area contributed by atoms with E-state index in [1.807, 2.05) is 6.07 Å². The minimum absolute atomic E-state index is 0.0416. The fourth-order valence-corrected chi connectivity index (χ4v) is 1.81. The molecule has 0 atom stereocenters. The number of ketones is 1. The average molecular weight is 239 g/mol. The zero-order valence-electron chi connectivity index (χ0n) is 6.97. The molecular formula is C9H7BrN2O. The number of nitrogens with one attached hydrogen (secondary N) is 1. The minimum atomic E-state index is 0.0416. The van der Waals surface area contributed by atoms with Gasteiger partial charge in [0.1, 0.15) is 5.65 Å². The van der Waals surface area contributed by atoms with Crippen LogP contribution in [0.4, 0.5) is 0 Å². The molecule has 0 aromatic carbocycles. The largest absolute Gasteiger partial charge is 0.345 e. The van der Waals surface area contributed by atoms with Gasteiger partial charge in [0.25, 0.3) is 0 Å². The van der Waals surface area contributed by atoms with Crippen LogP contribution in [0, 0.1) is 0 Å². The number of fused-ring (bicyclic) bond motifs is 1. The summed E-state index contributed by atoms with van der Waals surface area (Å²) in [7, 11) is 0. The van der Waals surface area contributed by atoms with Gasteiger partial charge in [0, 0.05) is 27.8 Å². The van der Waals surface area contributed by atoms with Crippen molar-refractivity contribution >= 4 is 32.7 Å². The minimum Gasteiger partial charge on any atom is -0.345 e. The lowest BCUT2D eigenvalue weighted by atomic mass is 10.2. The van der Waals surface area contributed by atoms with Crippen molar-refractivity contribution in [3.05, 3.63) is 28.5 Å². The van der Waals surface area contributed by atoms with E-state index in [0.29, 0.717) is 5.56 Å². The Labute approximate surface area is 83.3 Å². The maximum absolute atomic E-state index is 11.2. The number of hydrogen-bond acceptors (Lipinski definition) is 2. The maximum Gasteiger partial charge on any atom is 0.162 e. The monoisotopic (exact) mass is 238 g/mol. The first-order valence-electron chi connectivity index (χ1n) is 3.82. The van der Waals surface area contributed by atoms with Crippen LogP contribution >= 0.6 is 15.9 Å². The molecular weight excluding hydrogens is 232 g/mol. The van der Waals surface area contributed by atoms with Crippen LogP contribution in [0.15, 0.2) is 22.9 Å². The first-order chi connectivity index (χ1) is 6.20. The molecule has 13 heavy (non-hydrogen) atoms. The second-order valence-corrected chi connectivity index (χ2v) is 3.63. The Morgan fingerprint density at radius 1 is 1.62 bits per heavy atom. The van der Waals surface area contributed by atoms with Gasteiger partial charge >= 0.3 is 0 Å². The molecule has 2 heterocycles. The second kappa shape index (κ2) is 2.96. The predicted octanol–water partition coefficient (Wildman–Crippen LogP) is 2.53. The zero-order chi connectivity index (χ0) is 9.42. The Balaban J connectivity index is 2.86. The van der Waals surface area contributed by atoms with E-state index < -0.39 is 0 Å². The van der Waals surface area contributed by atoms with Crippen molar-refractivity contribution < 1.29 is 4.79 Å². The van der Waals surface area contributed by atoms with Crippen molar-refractivity contribution in [1.82, 2.24) is 9.97 Å². The molecule has 2 aromatic rings. The van der Waals surface area contributed by atoms with Crippen LogP contribution in [-0.2, 0) is 0 Å². The number of carbonyl (C=O) groups excluding carboxylic acids is 1.